The lowest BCUT2D eigenvalue weighted by Gasteiger charge is -2.40. The molecule has 37 heavy (non-hydrogen) atoms. The van der Waals surface area contributed by atoms with Gasteiger partial charge in [0.15, 0.2) is 0 Å². The second kappa shape index (κ2) is 11.8. The van der Waals surface area contributed by atoms with Gasteiger partial charge in [0.25, 0.3) is 0 Å². The highest BCUT2D eigenvalue weighted by Gasteiger charge is 2.34. The summed E-state index contributed by atoms with van der Waals surface area (Å²) in [6.45, 7) is 3.12. The molecule has 2 fully saturated rings. The number of nitrogens with two attached hydrogens (primary N) is 1. The van der Waals surface area contributed by atoms with Crippen LogP contribution in [-0.2, 0) is 22.4 Å². The topological polar surface area (TPSA) is 79.5 Å². The maximum atomic E-state index is 13.2. The van der Waals surface area contributed by atoms with Crippen LogP contribution in [0.15, 0.2) is 34.9 Å². The average molecular weight is 588 g/mol. The maximum Gasteiger partial charge on any atom is 0.222 e. The van der Waals surface area contributed by atoms with Crippen molar-refractivity contribution in [3.8, 4) is 0 Å². The first-order chi connectivity index (χ1) is 17.9. The van der Waals surface area contributed by atoms with E-state index in [0.29, 0.717) is 24.7 Å². The van der Waals surface area contributed by atoms with Crippen LogP contribution in [0.5, 0.6) is 0 Å². The Kier molecular flexibility index (Phi) is 8.52. The summed E-state index contributed by atoms with van der Waals surface area (Å²) in [5, 5.41) is 0.771. The van der Waals surface area contributed by atoms with Gasteiger partial charge < -0.3 is 10.6 Å². The number of aryl methyl sites for hydroxylation is 2. The number of rotatable bonds is 5. The third-order valence-electron chi connectivity index (χ3n) is 8.48. The molecular weight excluding hydrogens is 552 g/mol. The molecule has 5 rings (SSSR count). The second-order valence-electron chi connectivity index (χ2n) is 11.0. The van der Waals surface area contributed by atoms with E-state index >= 15 is 0 Å². The van der Waals surface area contributed by atoms with Gasteiger partial charge in [-0.1, -0.05) is 24.1 Å². The summed E-state index contributed by atoms with van der Waals surface area (Å²) in [6.07, 6.45) is 10.1. The summed E-state index contributed by atoms with van der Waals surface area (Å²) in [7, 11) is 0. The zero-order chi connectivity index (χ0) is 25.9. The SMILES string of the molecule is NC(=O)CC1CCCC(CC(=O)N2CCN(C3c4ccc(Cl)cc4CCc4cc(Br)cnc43)CC2)CC1. The van der Waals surface area contributed by atoms with E-state index in [1.165, 1.54) is 16.7 Å². The van der Waals surface area contributed by atoms with Crippen molar-refractivity contribution < 1.29 is 9.59 Å². The Morgan fingerprint density at radius 1 is 0.973 bits per heavy atom. The number of carbonyl (C=O) groups excluding carboxylic acids is 2. The summed E-state index contributed by atoms with van der Waals surface area (Å²) < 4.78 is 1.00. The number of hydrogen-bond acceptors (Lipinski definition) is 4. The van der Waals surface area contributed by atoms with Gasteiger partial charge in [-0.2, -0.15) is 0 Å². The summed E-state index contributed by atoms with van der Waals surface area (Å²) >= 11 is 9.97. The highest BCUT2D eigenvalue weighted by molar-refractivity contribution is 9.10. The smallest absolute Gasteiger partial charge is 0.222 e. The third kappa shape index (κ3) is 6.37. The van der Waals surface area contributed by atoms with E-state index in [-0.39, 0.29) is 17.9 Å². The van der Waals surface area contributed by atoms with Crippen molar-refractivity contribution in [3.05, 3.63) is 62.3 Å². The van der Waals surface area contributed by atoms with Gasteiger partial charge in [0.05, 0.1) is 11.7 Å². The van der Waals surface area contributed by atoms with Gasteiger partial charge in [-0.05, 0) is 101 Å². The molecular formula is C29H36BrClN4O2. The van der Waals surface area contributed by atoms with Crippen molar-refractivity contribution in [1.82, 2.24) is 14.8 Å². The molecule has 6 nitrogen and oxygen atoms in total. The van der Waals surface area contributed by atoms with Crippen LogP contribution in [-0.4, -0.2) is 52.8 Å². The van der Waals surface area contributed by atoms with Crippen molar-refractivity contribution in [2.24, 2.45) is 17.6 Å². The number of primary amides is 1. The average Bonchev–Trinajstić information content (AvgIpc) is 3.18. The fraction of sp³-hybridized carbons (Fsp3) is 0.552. The van der Waals surface area contributed by atoms with Gasteiger partial charge >= 0.3 is 0 Å². The van der Waals surface area contributed by atoms with Crippen molar-refractivity contribution >= 4 is 39.3 Å². The zero-order valence-electron chi connectivity index (χ0n) is 21.3. The van der Waals surface area contributed by atoms with Crippen molar-refractivity contribution in [2.75, 3.05) is 26.2 Å². The molecule has 8 heteroatoms. The number of aromatic nitrogens is 1. The van der Waals surface area contributed by atoms with Gasteiger partial charge in [0.1, 0.15) is 0 Å². The number of carbonyl (C=O) groups is 2. The first-order valence-electron chi connectivity index (χ1n) is 13.6. The quantitative estimate of drug-likeness (QED) is 0.482. The lowest BCUT2D eigenvalue weighted by atomic mass is 9.93. The predicted octanol–water partition coefficient (Wildman–Crippen LogP) is 5.29. The molecule has 1 aliphatic heterocycles. The lowest BCUT2D eigenvalue weighted by Crippen LogP contribution is -2.50. The van der Waals surface area contributed by atoms with Crippen LogP contribution in [0, 0.1) is 11.8 Å². The van der Waals surface area contributed by atoms with Crippen LogP contribution in [0.3, 0.4) is 0 Å². The van der Waals surface area contributed by atoms with Crippen LogP contribution >= 0.6 is 27.5 Å². The van der Waals surface area contributed by atoms with Gasteiger partial charge in [-0.3, -0.25) is 19.5 Å². The lowest BCUT2D eigenvalue weighted by molar-refractivity contribution is -0.134. The Hall–Kier alpha value is -1.96. The molecule has 198 valence electrons. The molecule has 2 aliphatic carbocycles. The fourth-order valence-corrected chi connectivity index (χ4v) is 7.11. The summed E-state index contributed by atoms with van der Waals surface area (Å²) in [6, 6.07) is 8.52. The van der Waals surface area contributed by atoms with E-state index in [0.717, 1.165) is 86.3 Å². The first-order valence-corrected chi connectivity index (χ1v) is 14.8. The minimum Gasteiger partial charge on any atom is -0.370 e. The van der Waals surface area contributed by atoms with Gasteiger partial charge in [0.2, 0.25) is 11.8 Å². The van der Waals surface area contributed by atoms with E-state index < -0.39 is 0 Å². The Morgan fingerprint density at radius 3 is 2.41 bits per heavy atom. The predicted molar refractivity (Wildman–Crippen MR) is 149 cm³/mol. The van der Waals surface area contributed by atoms with Crippen molar-refractivity contribution in [3.63, 3.8) is 0 Å². The summed E-state index contributed by atoms with van der Waals surface area (Å²) in [5.41, 5.74) is 10.4. The maximum absolute atomic E-state index is 13.2. The van der Waals surface area contributed by atoms with Crippen molar-refractivity contribution in [2.45, 2.75) is 63.8 Å². The monoisotopic (exact) mass is 586 g/mol. The number of nitrogens with zero attached hydrogens (tertiary/aromatic N) is 3. The highest BCUT2D eigenvalue weighted by atomic mass is 79.9. The second-order valence-corrected chi connectivity index (χ2v) is 12.3. The minimum absolute atomic E-state index is 0.0687. The molecule has 2 amide bonds. The molecule has 2 heterocycles. The number of benzene rings is 1. The van der Waals surface area contributed by atoms with Crippen LogP contribution in [0.2, 0.25) is 5.02 Å². The van der Waals surface area contributed by atoms with Gasteiger partial charge in [-0.15, -0.1) is 0 Å². The molecule has 2 aromatic rings. The van der Waals surface area contributed by atoms with Gasteiger partial charge in [-0.25, -0.2) is 0 Å². The zero-order valence-corrected chi connectivity index (χ0v) is 23.6. The van der Waals surface area contributed by atoms with E-state index in [1.807, 2.05) is 12.3 Å². The Balaban J connectivity index is 1.25. The normalized spacial score (nSPS) is 24.5. The molecule has 1 aromatic heterocycles. The molecule has 3 unspecified atom stereocenters. The van der Waals surface area contributed by atoms with E-state index in [2.05, 4.69) is 43.9 Å². The number of halogens is 2. The van der Waals surface area contributed by atoms with E-state index in [4.69, 9.17) is 22.3 Å². The number of fused-ring (bicyclic) bond motifs is 2. The molecule has 0 radical (unpaired) electrons. The van der Waals surface area contributed by atoms with Crippen LogP contribution in [0.4, 0.5) is 0 Å². The Labute approximate surface area is 233 Å². The molecule has 3 atom stereocenters. The Bertz CT molecular complexity index is 1100. The van der Waals surface area contributed by atoms with E-state index in [9.17, 15) is 9.59 Å². The molecule has 0 spiro atoms. The fourth-order valence-electron chi connectivity index (χ4n) is 6.54. The molecule has 3 aliphatic rings. The first kappa shape index (κ1) is 26.6. The number of pyridine rings is 1. The Morgan fingerprint density at radius 2 is 1.68 bits per heavy atom. The van der Waals surface area contributed by atoms with Crippen LogP contribution < -0.4 is 5.73 Å². The van der Waals surface area contributed by atoms with Crippen molar-refractivity contribution in [1.29, 1.82) is 0 Å². The van der Waals surface area contributed by atoms with Crippen LogP contribution in [0.1, 0.15) is 73.4 Å². The molecule has 2 N–H and O–H groups in total. The summed E-state index contributed by atoms with van der Waals surface area (Å²) in [5.74, 6) is 0.864. The molecule has 1 saturated carbocycles. The standard InChI is InChI=1S/C29H36BrClN4O2/c30-23-16-22-7-6-21-17-24(31)8-9-25(21)29(28(22)33-18-23)35-12-10-34(11-13-35)27(37)15-20-3-1-2-19(4-5-20)14-26(32)36/h8-9,16-20,29H,1-7,10-15H2,(H2,32,36). The van der Waals surface area contributed by atoms with E-state index in [1.54, 1.807) is 0 Å². The van der Waals surface area contributed by atoms with Crippen LogP contribution in [0.25, 0.3) is 0 Å². The number of piperazine rings is 1. The third-order valence-corrected chi connectivity index (χ3v) is 9.15. The molecule has 1 saturated heterocycles. The summed E-state index contributed by atoms with van der Waals surface area (Å²) in [4.78, 5) is 34.0. The molecule has 0 bridgehead atoms. The van der Waals surface area contributed by atoms with Gasteiger partial charge in [0, 0.05) is 54.7 Å². The minimum atomic E-state index is -0.206. The highest BCUT2D eigenvalue weighted by Crippen LogP contribution is 2.38. The largest absolute Gasteiger partial charge is 0.370 e. The number of hydrogen-bond donors (Lipinski definition) is 1. The molecule has 1 aromatic carbocycles. The number of amides is 2.